The monoisotopic (exact) mass is 319 g/mol. The molecule has 0 unspecified atom stereocenters. The fraction of sp³-hybridized carbons (Fsp3) is 0. The molecule has 118 valence electrons. The number of hydrogen-bond donors (Lipinski definition) is 1. The molecule has 0 amide bonds. The highest BCUT2D eigenvalue weighted by molar-refractivity contribution is 5.65. The van der Waals surface area contributed by atoms with Crippen molar-refractivity contribution in [1.29, 1.82) is 0 Å². The molecule has 6 nitrogen and oxygen atoms in total. The summed E-state index contributed by atoms with van der Waals surface area (Å²) in [5, 5.41) is 28.1. The SMILES string of the molecule is O=[N+]([O-])c1ccc(N=Nc2ccc(-c3ccc(O)cc3)cc2)cc1. The highest BCUT2D eigenvalue weighted by Gasteiger charge is 2.03. The van der Waals surface area contributed by atoms with Gasteiger partial charge in [0.05, 0.1) is 16.3 Å². The third-order valence-corrected chi connectivity index (χ3v) is 3.41. The molecular formula is C18H13N3O3. The number of hydrogen-bond acceptors (Lipinski definition) is 5. The molecule has 0 spiro atoms. The first-order valence-electron chi connectivity index (χ1n) is 7.17. The summed E-state index contributed by atoms with van der Waals surface area (Å²) in [6.45, 7) is 0. The molecule has 0 bridgehead atoms. The smallest absolute Gasteiger partial charge is 0.269 e. The van der Waals surface area contributed by atoms with Crippen molar-refractivity contribution in [2.75, 3.05) is 0 Å². The van der Waals surface area contributed by atoms with E-state index < -0.39 is 4.92 Å². The molecular weight excluding hydrogens is 306 g/mol. The van der Waals surface area contributed by atoms with Crippen molar-refractivity contribution in [2.24, 2.45) is 10.2 Å². The van der Waals surface area contributed by atoms with Crippen molar-refractivity contribution in [3.8, 4) is 16.9 Å². The summed E-state index contributed by atoms with van der Waals surface area (Å²) >= 11 is 0. The maximum Gasteiger partial charge on any atom is 0.269 e. The van der Waals surface area contributed by atoms with E-state index in [0.717, 1.165) is 11.1 Å². The number of rotatable bonds is 4. The largest absolute Gasteiger partial charge is 0.508 e. The molecule has 24 heavy (non-hydrogen) atoms. The van der Waals surface area contributed by atoms with Crippen molar-refractivity contribution < 1.29 is 10.0 Å². The topological polar surface area (TPSA) is 88.1 Å². The van der Waals surface area contributed by atoms with Crippen LogP contribution in [-0.4, -0.2) is 10.0 Å². The number of benzene rings is 3. The number of phenols is 1. The van der Waals surface area contributed by atoms with E-state index in [-0.39, 0.29) is 11.4 Å². The molecule has 0 aromatic heterocycles. The van der Waals surface area contributed by atoms with Crippen LogP contribution in [0.5, 0.6) is 5.75 Å². The number of nitrogens with zero attached hydrogens (tertiary/aromatic N) is 3. The van der Waals surface area contributed by atoms with Crippen molar-refractivity contribution in [3.05, 3.63) is 82.9 Å². The molecule has 0 saturated heterocycles. The molecule has 3 aromatic rings. The lowest BCUT2D eigenvalue weighted by atomic mass is 10.1. The molecule has 1 N–H and O–H groups in total. The van der Waals surface area contributed by atoms with Crippen LogP contribution in [0.25, 0.3) is 11.1 Å². The van der Waals surface area contributed by atoms with Gasteiger partial charge in [0, 0.05) is 12.1 Å². The number of aromatic hydroxyl groups is 1. The zero-order valence-corrected chi connectivity index (χ0v) is 12.5. The van der Waals surface area contributed by atoms with Gasteiger partial charge >= 0.3 is 0 Å². The molecule has 0 radical (unpaired) electrons. The fourth-order valence-corrected chi connectivity index (χ4v) is 2.13. The Hall–Kier alpha value is -3.54. The highest BCUT2D eigenvalue weighted by Crippen LogP contribution is 2.26. The molecule has 0 saturated carbocycles. The van der Waals surface area contributed by atoms with E-state index in [1.165, 1.54) is 12.1 Å². The maximum absolute atomic E-state index is 10.6. The minimum Gasteiger partial charge on any atom is -0.508 e. The van der Waals surface area contributed by atoms with E-state index in [9.17, 15) is 15.2 Å². The predicted octanol–water partition coefficient (Wildman–Crippen LogP) is 5.38. The Balaban J connectivity index is 1.73. The van der Waals surface area contributed by atoms with Gasteiger partial charge in [-0.25, -0.2) is 0 Å². The van der Waals surface area contributed by atoms with E-state index in [0.29, 0.717) is 11.4 Å². The summed E-state index contributed by atoms with van der Waals surface area (Å²) < 4.78 is 0. The Morgan fingerprint density at radius 2 is 1.12 bits per heavy atom. The van der Waals surface area contributed by atoms with Gasteiger partial charge in [0.2, 0.25) is 0 Å². The Morgan fingerprint density at radius 1 is 0.708 bits per heavy atom. The fourth-order valence-electron chi connectivity index (χ4n) is 2.13. The number of phenolic OH excluding ortho intramolecular Hbond substituents is 1. The number of nitro groups is 1. The standard InChI is InChI=1S/C18H13N3O3/c22-18-11-3-14(4-12-18)13-1-5-15(6-2-13)19-20-16-7-9-17(10-8-16)21(23)24/h1-12,22H. The zero-order chi connectivity index (χ0) is 16.9. The first-order valence-corrected chi connectivity index (χ1v) is 7.17. The normalized spacial score (nSPS) is 10.8. The summed E-state index contributed by atoms with van der Waals surface area (Å²) in [5.41, 5.74) is 3.24. The van der Waals surface area contributed by atoms with Crippen LogP contribution in [0.1, 0.15) is 0 Å². The van der Waals surface area contributed by atoms with Crippen molar-refractivity contribution in [2.45, 2.75) is 0 Å². The molecule has 6 heteroatoms. The first-order chi connectivity index (χ1) is 11.6. The quantitative estimate of drug-likeness (QED) is 0.397. The number of non-ortho nitro benzene ring substituents is 1. The van der Waals surface area contributed by atoms with Gasteiger partial charge in [0.1, 0.15) is 5.75 Å². The summed E-state index contributed by atoms with van der Waals surface area (Å²) in [5.74, 6) is 0.229. The van der Waals surface area contributed by atoms with Gasteiger partial charge in [-0.3, -0.25) is 10.1 Å². The summed E-state index contributed by atoms with van der Waals surface area (Å²) in [7, 11) is 0. The lowest BCUT2D eigenvalue weighted by Gasteiger charge is -2.02. The van der Waals surface area contributed by atoms with Gasteiger partial charge in [0.25, 0.3) is 5.69 Å². The van der Waals surface area contributed by atoms with Crippen LogP contribution in [0.2, 0.25) is 0 Å². The van der Waals surface area contributed by atoms with Crippen LogP contribution in [0, 0.1) is 10.1 Å². The molecule has 3 aromatic carbocycles. The Labute approximate surface area is 137 Å². The Kier molecular flexibility index (Phi) is 4.29. The molecule has 0 aliphatic heterocycles. The average Bonchev–Trinajstić information content (AvgIpc) is 2.61. The van der Waals surface area contributed by atoms with E-state index in [1.807, 2.05) is 36.4 Å². The lowest BCUT2D eigenvalue weighted by molar-refractivity contribution is -0.384. The predicted molar refractivity (Wildman–Crippen MR) is 90.8 cm³/mol. The van der Waals surface area contributed by atoms with Gasteiger partial charge in [-0.2, -0.15) is 10.2 Å². The lowest BCUT2D eigenvalue weighted by Crippen LogP contribution is -1.85. The summed E-state index contributed by atoms with van der Waals surface area (Å²) in [6, 6.07) is 20.3. The van der Waals surface area contributed by atoms with E-state index in [4.69, 9.17) is 0 Å². The van der Waals surface area contributed by atoms with Crippen LogP contribution in [0.4, 0.5) is 17.1 Å². The van der Waals surface area contributed by atoms with Crippen molar-refractivity contribution >= 4 is 17.1 Å². The van der Waals surface area contributed by atoms with Crippen LogP contribution in [0.3, 0.4) is 0 Å². The van der Waals surface area contributed by atoms with Crippen molar-refractivity contribution in [1.82, 2.24) is 0 Å². The zero-order valence-electron chi connectivity index (χ0n) is 12.5. The Morgan fingerprint density at radius 3 is 1.58 bits per heavy atom. The van der Waals surface area contributed by atoms with E-state index in [2.05, 4.69) is 10.2 Å². The number of nitro benzene ring substituents is 1. The maximum atomic E-state index is 10.6. The Bertz CT molecular complexity index is 871. The molecule has 0 atom stereocenters. The van der Waals surface area contributed by atoms with Crippen LogP contribution >= 0.6 is 0 Å². The van der Waals surface area contributed by atoms with Gasteiger partial charge in [-0.1, -0.05) is 24.3 Å². The van der Waals surface area contributed by atoms with Crippen molar-refractivity contribution in [3.63, 3.8) is 0 Å². The second kappa shape index (κ2) is 6.70. The van der Waals surface area contributed by atoms with Gasteiger partial charge < -0.3 is 5.11 Å². The van der Waals surface area contributed by atoms with Gasteiger partial charge in [0.15, 0.2) is 0 Å². The van der Waals surface area contributed by atoms with Gasteiger partial charge in [-0.05, 0) is 47.5 Å². The molecule has 0 aliphatic carbocycles. The summed E-state index contributed by atoms with van der Waals surface area (Å²) in [6.07, 6.45) is 0. The minimum absolute atomic E-state index is 0.0206. The van der Waals surface area contributed by atoms with Crippen LogP contribution in [0.15, 0.2) is 83.0 Å². The summed E-state index contributed by atoms with van der Waals surface area (Å²) in [4.78, 5) is 10.1. The third-order valence-electron chi connectivity index (χ3n) is 3.41. The molecule has 0 fully saturated rings. The average molecular weight is 319 g/mol. The van der Waals surface area contributed by atoms with E-state index >= 15 is 0 Å². The molecule has 0 aliphatic rings. The molecule has 3 rings (SSSR count). The van der Waals surface area contributed by atoms with E-state index in [1.54, 1.807) is 24.3 Å². The third kappa shape index (κ3) is 3.61. The van der Waals surface area contributed by atoms with Crippen LogP contribution < -0.4 is 0 Å². The van der Waals surface area contributed by atoms with Gasteiger partial charge in [-0.15, -0.1) is 0 Å². The highest BCUT2D eigenvalue weighted by atomic mass is 16.6. The first kappa shape index (κ1) is 15.4. The second-order valence-corrected chi connectivity index (χ2v) is 5.07. The second-order valence-electron chi connectivity index (χ2n) is 5.07. The molecule has 0 heterocycles. The number of azo groups is 1. The van der Waals surface area contributed by atoms with Crippen LogP contribution in [-0.2, 0) is 0 Å². The minimum atomic E-state index is -0.455.